The fourth-order valence-corrected chi connectivity index (χ4v) is 1.22. The summed E-state index contributed by atoms with van der Waals surface area (Å²) in [5, 5.41) is 8.65. The van der Waals surface area contributed by atoms with Crippen LogP contribution in [0.2, 0.25) is 0 Å². The Bertz CT molecular complexity index is 230. The van der Waals surface area contributed by atoms with Crippen LogP contribution in [0.5, 0.6) is 0 Å². The van der Waals surface area contributed by atoms with Crippen molar-refractivity contribution in [3.05, 3.63) is 0 Å². The molecule has 0 fully saturated rings. The van der Waals surface area contributed by atoms with Crippen molar-refractivity contribution < 1.29 is 4.57 Å². The van der Waals surface area contributed by atoms with Crippen LogP contribution in [0, 0.1) is 22.4 Å². The zero-order valence-corrected chi connectivity index (χ0v) is 7.11. The molecule has 0 amide bonds. The summed E-state index contributed by atoms with van der Waals surface area (Å²) in [5.74, 6) is 0. The average molecular weight is 155 g/mol. The molecule has 0 atom stereocenters. The maximum atomic E-state index is 10.1. The molecule has 54 valence electrons. The summed E-state index contributed by atoms with van der Waals surface area (Å²) in [4.78, 5) is 0. The van der Waals surface area contributed by atoms with Gasteiger partial charge in [-0.3, -0.25) is 0 Å². The van der Waals surface area contributed by atoms with Gasteiger partial charge < -0.3 is 0 Å². The van der Waals surface area contributed by atoms with E-state index in [0.29, 0.717) is 12.8 Å². The number of hydrogen-bond acceptors (Lipinski definition) is 2. The van der Waals surface area contributed by atoms with Gasteiger partial charge in [0.2, 0.25) is 0 Å². The topological polar surface area (TPSA) is 40.9 Å². The van der Waals surface area contributed by atoms with Crippen LogP contribution in [0.15, 0.2) is 0 Å². The molecule has 0 saturated heterocycles. The van der Waals surface area contributed by atoms with E-state index in [2.05, 4.69) is 11.7 Å². The summed E-state index contributed by atoms with van der Waals surface area (Å²) in [7, 11) is -0.167. The molecule has 0 radical (unpaired) electrons. The molecule has 10 heavy (non-hydrogen) atoms. The molecule has 2 nitrogen and oxygen atoms in total. The van der Waals surface area contributed by atoms with Gasteiger partial charge in [0.15, 0.2) is 0 Å². The van der Waals surface area contributed by atoms with E-state index < -0.39 is 5.41 Å². The molecule has 0 aromatic heterocycles. The molecule has 0 aromatic rings. The first kappa shape index (κ1) is 9.50. The second kappa shape index (κ2) is 4.34. The van der Waals surface area contributed by atoms with E-state index in [9.17, 15) is 4.57 Å². The molecule has 0 N–H and O–H groups in total. The van der Waals surface area contributed by atoms with Crippen LogP contribution in [-0.2, 0) is 4.57 Å². The molecular weight excluding hydrogens is 145 g/mol. The van der Waals surface area contributed by atoms with Crippen molar-refractivity contribution in [2.75, 3.05) is 0 Å². The summed E-state index contributed by atoms with van der Waals surface area (Å²) in [6.07, 6.45) is 1.35. The second-order valence-electron chi connectivity index (χ2n) is 2.10. The van der Waals surface area contributed by atoms with Crippen molar-refractivity contribution >= 4 is 7.92 Å². The number of nitrogens with zero attached hydrogens (tertiary/aromatic N) is 1. The summed E-state index contributed by atoms with van der Waals surface area (Å²) >= 11 is 0. The summed E-state index contributed by atoms with van der Waals surface area (Å²) in [6, 6.07) is 2.10. The van der Waals surface area contributed by atoms with Gasteiger partial charge in [-0.05, 0) is 0 Å². The summed E-state index contributed by atoms with van der Waals surface area (Å²) in [5.41, 5.74) is 2.01. The third-order valence-electron chi connectivity index (χ3n) is 1.68. The van der Waals surface area contributed by atoms with Gasteiger partial charge in [-0.1, -0.05) is 0 Å². The molecule has 0 aliphatic carbocycles. The fraction of sp³-hybridized carbons (Fsp3) is 0.714. The van der Waals surface area contributed by atoms with Gasteiger partial charge in [0, 0.05) is 0 Å². The monoisotopic (exact) mass is 155 g/mol. The molecular formula is C7H10NOP. The zero-order valence-electron chi connectivity index (χ0n) is 6.22. The predicted molar refractivity (Wildman–Crippen MR) is 40.1 cm³/mol. The Balaban J connectivity index is 4.63. The Morgan fingerprint density at radius 3 is 2.10 bits per heavy atom. The van der Waals surface area contributed by atoms with Gasteiger partial charge in [0.1, 0.15) is 0 Å². The average Bonchev–Trinajstić information content (AvgIpc) is 2.01. The third-order valence-corrected chi connectivity index (χ3v) is 2.20. The molecule has 0 saturated carbocycles. The van der Waals surface area contributed by atoms with Crippen molar-refractivity contribution in [1.29, 1.82) is 5.26 Å². The molecule has 0 aromatic carbocycles. The van der Waals surface area contributed by atoms with E-state index in [1.54, 1.807) is 0 Å². The van der Waals surface area contributed by atoms with Crippen LogP contribution in [-0.4, -0.2) is 0 Å². The first-order valence-corrected chi connectivity index (χ1v) is 4.06. The van der Waals surface area contributed by atoms with E-state index >= 15 is 0 Å². The van der Waals surface area contributed by atoms with Gasteiger partial charge in [0.25, 0.3) is 0 Å². The van der Waals surface area contributed by atoms with E-state index in [0.717, 1.165) is 0 Å². The Kier molecular flexibility index (Phi) is 4.12. The zero-order chi connectivity index (χ0) is 8.04. The molecule has 0 unspecified atom stereocenters. The van der Waals surface area contributed by atoms with Crippen LogP contribution in [0.1, 0.15) is 26.7 Å². The third kappa shape index (κ3) is 2.03. The van der Waals surface area contributed by atoms with Gasteiger partial charge in [0.05, 0.1) is 0 Å². The normalized spacial score (nSPS) is 9.70. The Labute approximate surface area is 62.4 Å². The van der Waals surface area contributed by atoms with Crippen molar-refractivity contribution in [2.45, 2.75) is 26.7 Å². The molecule has 0 rings (SSSR count). The van der Waals surface area contributed by atoms with E-state index in [1.807, 2.05) is 13.8 Å². The quantitative estimate of drug-likeness (QED) is 0.575. The van der Waals surface area contributed by atoms with E-state index in [1.165, 1.54) is 0 Å². The van der Waals surface area contributed by atoms with E-state index in [-0.39, 0.29) is 7.92 Å². The Morgan fingerprint density at radius 1 is 1.50 bits per heavy atom. The number of nitriles is 1. The molecule has 0 heterocycles. The molecule has 3 heteroatoms. The molecule has 0 bridgehead atoms. The fourth-order valence-electron chi connectivity index (χ4n) is 0.679. The van der Waals surface area contributed by atoms with Crippen LogP contribution in [0.25, 0.3) is 0 Å². The summed E-state index contributed by atoms with van der Waals surface area (Å²) in [6.45, 7) is 3.79. The SMILES string of the molecule is CCC(C#N)(C#P=O)CC. The Morgan fingerprint density at radius 2 is 2.00 bits per heavy atom. The molecule has 0 spiro atoms. The maximum absolute atomic E-state index is 10.1. The predicted octanol–water partition coefficient (Wildman–Crippen LogP) is 2.57. The van der Waals surface area contributed by atoms with Crippen LogP contribution < -0.4 is 0 Å². The first-order valence-electron chi connectivity index (χ1n) is 3.25. The van der Waals surface area contributed by atoms with Gasteiger partial charge in [-0.25, -0.2) is 0 Å². The van der Waals surface area contributed by atoms with E-state index in [4.69, 9.17) is 5.26 Å². The van der Waals surface area contributed by atoms with Crippen molar-refractivity contribution in [3.8, 4) is 11.7 Å². The molecule has 0 aliphatic heterocycles. The summed E-state index contributed by atoms with van der Waals surface area (Å²) < 4.78 is 10.1. The second-order valence-corrected chi connectivity index (χ2v) is 2.51. The van der Waals surface area contributed by atoms with Crippen molar-refractivity contribution in [2.24, 2.45) is 5.41 Å². The number of rotatable bonds is 2. The number of hydrogen-bond donors (Lipinski definition) is 0. The minimum absolute atomic E-state index is 0.167. The van der Waals surface area contributed by atoms with Gasteiger partial charge in [-0.2, -0.15) is 0 Å². The van der Waals surface area contributed by atoms with Gasteiger partial charge in [-0.15, -0.1) is 0 Å². The van der Waals surface area contributed by atoms with Crippen molar-refractivity contribution in [1.82, 2.24) is 0 Å². The van der Waals surface area contributed by atoms with Crippen LogP contribution >= 0.6 is 7.92 Å². The Hall–Kier alpha value is -0.500. The minimum atomic E-state index is -0.594. The molecule has 0 aliphatic rings. The first-order chi connectivity index (χ1) is 4.74. The van der Waals surface area contributed by atoms with Crippen molar-refractivity contribution in [3.63, 3.8) is 0 Å². The van der Waals surface area contributed by atoms with Crippen LogP contribution in [0.4, 0.5) is 0 Å². The standard InChI is InChI=1S/C7H10NOP/c1-3-7(4-2,5-8)6-10-9/h3-4H2,1-2H3. The van der Waals surface area contributed by atoms with Crippen LogP contribution in [0.3, 0.4) is 0 Å². The van der Waals surface area contributed by atoms with Gasteiger partial charge >= 0.3 is 61.5 Å².